The Bertz CT molecular complexity index is 405. The molecule has 1 aromatic carbocycles. The maximum Gasteiger partial charge on any atom is 0.274 e. The van der Waals surface area contributed by atoms with Crippen LogP contribution in [0.1, 0.15) is 18.4 Å². The van der Waals surface area contributed by atoms with E-state index in [1.807, 2.05) is 0 Å². The van der Waals surface area contributed by atoms with Crippen LogP contribution in [-0.2, 0) is 6.54 Å². The minimum Gasteiger partial charge on any atom is -0.312 e. The van der Waals surface area contributed by atoms with Crippen LogP contribution in [0.15, 0.2) is 18.2 Å². The molecule has 86 valence electrons. The average Bonchev–Trinajstić information content (AvgIpc) is 3.01. The summed E-state index contributed by atoms with van der Waals surface area (Å²) in [4.78, 5) is 10.2. The lowest BCUT2D eigenvalue weighted by atomic mass is 10.1. The van der Waals surface area contributed by atoms with E-state index in [1.165, 1.54) is 25.0 Å². The highest BCUT2D eigenvalue weighted by atomic mass is 19.1. The Morgan fingerprint density at radius 2 is 2.25 bits per heavy atom. The zero-order chi connectivity index (χ0) is 11.5. The van der Waals surface area contributed by atoms with Gasteiger partial charge in [-0.15, -0.1) is 0 Å². The van der Waals surface area contributed by atoms with Crippen LogP contribution in [0.3, 0.4) is 0 Å². The van der Waals surface area contributed by atoms with Crippen molar-refractivity contribution in [3.8, 4) is 0 Å². The number of nitro groups is 1. The summed E-state index contributed by atoms with van der Waals surface area (Å²) in [6.07, 6.45) is 2.44. The molecule has 2 rings (SSSR count). The van der Waals surface area contributed by atoms with Gasteiger partial charge in [0.2, 0.25) is 0 Å². The predicted octanol–water partition coefficient (Wildman–Crippen LogP) is 2.23. The third kappa shape index (κ3) is 2.76. The number of rotatable bonds is 5. The summed E-state index contributed by atoms with van der Waals surface area (Å²) in [5.74, 6) is 0.265. The molecule has 1 saturated carbocycles. The molecule has 0 spiro atoms. The highest BCUT2D eigenvalue weighted by Gasteiger charge is 2.21. The number of hydrogen-bond acceptors (Lipinski definition) is 3. The lowest BCUT2D eigenvalue weighted by Gasteiger charge is -2.04. The molecule has 0 amide bonds. The molecule has 0 aliphatic heterocycles. The maximum absolute atomic E-state index is 13.0. The molecule has 0 bridgehead atoms. The van der Waals surface area contributed by atoms with E-state index in [1.54, 1.807) is 0 Å². The molecule has 0 aromatic heterocycles. The number of nitrogens with one attached hydrogen (secondary N) is 1. The van der Waals surface area contributed by atoms with Crippen molar-refractivity contribution in [3.63, 3.8) is 0 Å². The Kier molecular flexibility index (Phi) is 3.14. The molecule has 0 saturated heterocycles. The van der Waals surface area contributed by atoms with Gasteiger partial charge in [-0.3, -0.25) is 10.1 Å². The van der Waals surface area contributed by atoms with E-state index in [0.717, 1.165) is 12.6 Å². The molecule has 4 nitrogen and oxygen atoms in total. The van der Waals surface area contributed by atoms with Crippen molar-refractivity contribution in [2.45, 2.75) is 19.4 Å². The summed E-state index contributed by atoms with van der Waals surface area (Å²) >= 11 is 0. The number of hydrogen-bond donors (Lipinski definition) is 1. The summed E-state index contributed by atoms with van der Waals surface area (Å²) in [6.45, 7) is 1.21. The van der Waals surface area contributed by atoms with E-state index >= 15 is 0 Å². The number of nitrogens with zero attached hydrogens (tertiary/aromatic N) is 1. The van der Waals surface area contributed by atoms with Gasteiger partial charge in [-0.25, -0.2) is 4.39 Å². The molecule has 0 radical (unpaired) electrons. The summed E-state index contributed by atoms with van der Waals surface area (Å²) in [6, 6.07) is 3.55. The Morgan fingerprint density at radius 3 is 2.88 bits per heavy atom. The van der Waals surface area contributed by atoms with Crippen LogP contribution < -0.4 is 5.32 Å². The average molecular weight is 224 g/mol. The van der Waals surface area contributed by atoms with Crippen molar-refractivity contribution in [2.75, 3.05) is 6.54 Å². The van der Waals surface area contributed by atoms with E-state index in [0.29, 0.717) is 18.0 Å². The quantitative estimate of drug-likeness (QED) is 0.616. The van der Waals surface area contributed by atoms with E-state index in [9.17, 15) is 14.5 Å². The van der Waals surface area contributed by atoms with Gasteiger partial charge in [0.15, 0.2) is 0 Å². The standard InChI is InChI=1S/C11H13FN2O2/c12-10-3-4-11(14(15)16)9(5-10)7-13-6-8-1-2-8/h3-5,8,13H,1-2,6-7H2. The first-order chi connectivity index (χ1) is 7.66. The first-order valence-electron chi connectivity index (χ1n) is 5.30. The monoisotopic (exact) mass is 224 g/mol. The molecule has 1 aromatic rings. The highest BCUT2D eigenvalue weighted by molar-refractivity contribution is 5.40. The van der Waals surface area contributed by atoms with Crippen LogP contribution in [-0.4, -0.2) is 11.5 Å². The predicted molar refractivity (Wildman–Crippen MR) is 57.5 cm³/mol. The third-order valence-electron chi connectivity index (χ3n) is 2.68. The van der Waals surface area contributed by atoms with Gasteiger partial charge in [-0.05, 0) is 37.4 Å². The van der Waals surface area contributed by atoms with Gasteiger partial charge < -0.3 is 5.32 Å². The number of halogens is 1. The zero-order valence-electron chi connectivity index (χ0n) is 8.78. The van der Waals surface area contributed by atoms with Gasteiger partial charge in [-0.1, -0.05) is 0 Å². The molecule has 0 unspecified atom stereocenters. The van der Waals surface area contributed by atoms with Crippen LogP contribution in [0.25, 0.3) is 0 Å². The second-order valence-corrected chi connectivity index (χ2v) is 4.10. The molecule has 1 aliphatic rings. The van der Waals surface area contributed by atoms with Gasteiger partial charge in [0.1, 0.15) is 5.82 Å². The van der Waals surface area contributed by atoms with Crippen molar-refractivity contribution >= 4 is 5.69 Å². The lowest BCUT2D eigenvalue weighted by Crippen LogP contribution is -2.17. The SMILES string of the molecule is O=[N+]([O-])c1ccc(F)cc1CNCC1CC1. The van der Waals surface area contributed by atoms with Crippen molar-refractivity contribution in [3.05, 3.63) is 39.7 Å². The van der Waals surface area contributed by atoms with Crippen molar-refractivity contribution in [1.82, 2.24) is 5.32 Å². The van der Waals surface area contributed by atoms with Gasteiger partial charge in [0.25, 0.3) is 5.69 Å². The summed E-state index contributed by atoms with van der Waals surface area (Å²) in [5, 5.41) is 13.8. The van der Waals surface area contributed by atoms with E-state index in [2.05, 4.69) is 5.32 Å². The van der Waals surface area contributed by atoms with Crippen LogP contribution in [0.5, 0.6) is 0 Å². The van der Waals surface area contributed by atoms with Crippen LogP contribution >= 0.6 is 0 Å². The summed E-state index contributed by atoms with van der Waals surface area (Å²) < 4.78 is 13.0. The minimum atomic E-state index is -0.479. The van der Waals surface area contributed by atoms with Crippen LogP contribution in [0.2, 0.25) is 0 Å². The smallest absolute Gasteiger partial charge is 0.274 e. The van der Waals surface area contributed by atoms with Gasteiger partial charge in [-0.2, -0.15) is 0 Å². The first kappa shape index (κ1) is 11.0. The van der Waals surface area contributed by atoms with Crippen molar-refractivity contribution in [1.29, 1.82) is 0 Å². The maximum atomic E-state index is 13.0. The minimum absolute atomic E-state index is 0.0234. The summed E-state index contributed by atoms with van der Waals surface area (Å²) in [5.41, 5.74) is 0.385. The summed E-state index contributed by atoms with van der Waals surface area (Å²) in [7, 11) is 0. The van der Waals surface area contributed by atoms with Gasteiger partial charge in [0.05, 0.1) is 4.92 Å². The second-order valence-electron chi connectivity index (χ2n) is 4.10. The Hall–Kier alpha value is -1.49. The molecule has 1 fully saturated rings. The molecule has 1 N–H and O–H groups in total. The first-order valence-corrected chi connectivity index (χ1v) is 5.30. The van der Waals surface area contributed by atoms with Gasteiger partial charge >= 0.3 is 0 Å². The molecule has 1 aliphatic carbocycles. The van der Waals surface area contributed by atoms with Crippen LogP contribution in [0.4, 0.5) is 10.1 Å². The van der Waals surface area contributed by atoms with Crippen LogP contribution in [0, 0.1) is 21.8 Å². The van der Waals surface area contributed by atoms with E-state index in [-0.39, 0.29) is 5.69 Å². The molecular formula is C11H13FN2O2. The van der Waals surface area contributed by atoms with Crippen molar-refractivity contribution in [2.24, 2.45) is 5.92 Å². The molecule has 16 heavy (non-hydrogen) atoms. The van der Waals surface area contributed by atoms with E-state index < -0.39 is 10.7 Å². The fourth-order valence-electron chi connectivity index (χ4n) is 1.61. The Balaban J connectivity index is 2.03. The largest absolute Gasteiger partial charge is 0.312 e. The van der Waals surface area contributed by atoms with Gasteiger partial charge in [0, 0.05) is 18.2 Å². The molecule has 5 heteroatoms. The van der Waals surface area contributed by atoms with E-state index in [4.69, 9.17) is 0 Å². The normalized spacial score (nSPS) is 15.1. The molecular weight excluding hydrogens is 211 g/mol. The lowest BCUT2D eigenvalue weighted by molar-refractivity contribution is -0.385. The molecule has 0 heterocycles. The Labute approximate surface area is 92.6 Å². The number of benzene rings is 1. The van der Waals surface area contributed by atoms with Crippen molar-refractivity contribution < 1.29 is 9.31 Å². The fraction of sp³-hybridized carbons (Fsp3) is 0.455. The zero-order valence-corrected chi connectivity index (χ0v) is 8.78. The fourth-order valence-corrected chi connectivity index (χ4v) is 1.61. The molecule has 0 atom stereocenters. The number of nitro benzene ring substituents is 1. The highest BCUT2D eigenvalue weighted by Crippen LogP contribution is 2.28. The second kappa shape index (κ2) is 4.57. The third-order valence-corrected chi connectivity index (χ3v) is 2.68. The topological polar surface area (TPSA) is 55.2 Å². The Morgan fingerprint density at radius 1 is 1.50 bits per heavy atom.